The molecule has 5 rings (SSSR count). The Kier molecular flexibility index (Phi) is 5.04. The topological polar surface area (TPSA) is 52.7 Å². The van der Waals surface area contributed by atoms with Crippen LogP contribution in [0.25, 0.3) is 21.5 Å². The van der Waals surface area contributed by atoms with Gasteiger partial charge >= 0.3 is 0 Å². The Hall–Kier alpha value is -3.09. The summed E-state index contributed by atoms with van der Waals surface area (Å²) in [6, 6.07) is 25.2. The lowest BCUT2D eigenvalue weighted by molar-refractivity contribution is 0.589. The first-order valence-corrected chi connectivity index (χ1v) is 11.9. The molecule has 0 bridgehead atoms. The molecule has 6 heteroatoms. The van der Waals surface area contributed by atoms with Crippen molar-refractivity contribution >= 4 is 42.9 Å². The zero-order chi connectivity index (χ0) is 21.4. The first kappa shape index (κ1) is 19.8. The molecule has 0 aromatic heterocycles. The standard InChI is InChI=1S/C25H25N3O2S/c1-27(21-11-10-19-6-2-3-7-20(19)18-21)31(29,30)25-13-12-24(28-16-14-26-15-17-28)22-8-4-5-9-23(22)25/h2-13,18,26H,14-17H2,1H3. The summed E-state index contributed by atoms with van der Waals surface area (Å²) in [6.45, 7) is 3.68. The second-order valence-corrected chi connectivity index (χ2v) is 9.81. The summed E-state index contributed by atoms with van der Waals surface area (Å²) < 4.78 is 28.7. The second kappa shape index (κ2) is 7.87. The zero-order valence-corrected chi connectivity index (χ0v) is 18.3. The fraction of sp³-hybridized carbons (Fsp3) is 0.200. The van der Waals surface area contributed by atoms with E-state index in [4.69, 9.17) is 0 Å². The van der Waals surface area contributed by atoms with E-state index in [0.717, 1.165) is 53.4 Å². The van der Waals surface area contributed by atoms with Crippen LogP contribution in [-0.2, 0) is 10.0 Å². The van der Waals surface area contributed by atoms with Gasteiger partial charge in [0.2, 0.25) is 0 Å². The molecule has 1 aliphatic heterocycles. The van der Waals surface area contributed by atoms with Crippen molar-refractivity contribution in [2.24, 2.45) is 0 Å². The maximum atomic E-state index is 13.7. The van der Waals surface area contributed by atoms with Gasteiger partial charge in [-0.25, -0.2) is 8.42 Å². The van der Waals surface area contributed by atoms with E-state index in [9.17, 15) is 8.42 Å². The number of piperazine rings is 1. The molecule has 0 amide bonds. The van der Waals surface area contributed by atoms with E-state index in [1.807, 2.05) is 72.8 Å². The van der Waals surface area contributed by atoms with Crippen molar-refractivity contribution in [2.45, 2.75) is 4.90 Å². The van der Waals surface area contributed by atoms with Gasteiger partial charge in [0.1, 0.15) is 0 Å². The van der Waals surface area contributed by atoms with E-state index >= 15 is 0 Å². The number of hydrogen-bond donors (Lipinski definition) is 1. The van der Waals surface area contributed by atoms with Crippen LogP contribution < -0.4 is 14.5 Å². The molecule has 1 N–H and O–H groups in total. The average molecular weight is 432 g/mol. The Balaban J connectivity index is 1.60. The third-order valence-corrected chi connectivity index (χ3v) is 7.90. The Bertz CT molecular complexity index is 1360. The molecule has 0 aliphatic carbocycles. The van der Waals surface area contributed by atoms with E-state index < -0.39 is 10.0 Å². The number of sulfonamides is 1. The minimum Gasteiger partial charge on any atom is -0.368 e. The van der Waals surface area contributed by atoms with E-state index in [2.05, 4.69) is 10.2 Å². The largest absolute Gasteiger partial charge is 0.368 e. The first-order valence-electron chi connectivity index (χ1n) is 10.5. The van der Waals surface area contributed by atoms with Crippen LogP contribution in [0.2, 0.25) is 0 Å². The molecule has 5 nitrogen and oxygen atoms in total. The lowest BCUT2D eigenvalue weighted by Crippen LogP contribution is -2.43. The summed E-state index contributed by atoms with van der Waals surface area (Å²) in [4.78, 5) is 2.65. The zero-order valence-electron chi connectivity index (χ0n) is 17.5. The third kappa shape index (κ3) is 3.52. The van der Waals surface area contributed by atoms with Crippen molar-refractivity contribution in [3.63, 3.8) is 0 Å². The molecule has 0 unspecified atom stereocenters. The summed E-state index contributed by atoms with van der Waals surface area (Å²) >= 11 is 0. The monoisotopic (exact) mass is 431 g/mol. The lowest BCUT2D eigenvalue weighted by atomic mass is 10.1. The number of rotatable bonds is 4. The number of benzene rings is 4. The van der Waals surface area contributed by atoms with Gasteiger partial charge in [-0.15, -0.1) is 0 Å². The van der Waals surface area contributed by atoms with Crippen LogP contribution in [-0.4, -0.2) is 41.6 Å². The predicted octanol–water partition coefficient (Wildman–Crippen LogP) is 4.23. The molecule has 31 heavy (non-hydrogen) atoms. The van der Waals surface area contributed by atoms with Gasteiger partial charge in [0.05, 0.1) is 10.6 Å². The molecule has 4 aromatic rings. The molecule has 1 saturated heterocycles. The lowest BCUT2D eigenvalue weighted by Gasteiger charge is -2.31. The van der Waals surface area contributed by atoms with Crippen LogP contribution in [0.1, 0.15) is 0 Å². The molecule has 4 aromatic carbocycles. The van der Waals surface area contributed by atoms with Gasteiger partial charge in [0, 0.05) is 49.7 Å². The van der Waals surface area contributed by atoms with E-state index in [0.29, 0.717) is 10.6 Å². The van der Waals surface area contributed by atoms with Crippen molar-refractivity contribution in [1.29, 1.82) is 0 Å². The molecule has 0 spiro atoms. The molecule has 158 valence electrons. The SMILES string of the molecule is CN(c1ccc2ccccc2c1)S(=O)(=O)c1ccc(N2CCNCC2)c2ccccc12. The van der Waals surface area contributed by atoms with Crippen molar-refractivity contribution in [2.75, 3.05) is 42.4 Å². The fourth-order valence-corrected chi connectivity index (χ4v) is 5.70. The number of nitrogens with zero attached hydrogens (tertiary/aromatic N) is 2. The van der Waals surface area contributed by atoms with Crippen molar-refractivity contribution in [1.82, 2.24) is 5.32 Å². The Morgan fingerprint density at radius 2 is 1.48 bits per heavy atom. The van der Waals surface area contributed by atoms with Crippen LogP contribution in [0.15, 0.2) is 83.8 Å². The molecule has 0 saturated carbocycles. The van der Waals surface area contributed by atoms with Gasteiger partial charge < -0.3 is 10.2 Å². The van der Waals surface area contributed by atoms with Crippen LogP contribution in [0, 0.1) is 0 Å². The average Bonchev–Trinajstić information content (AvgIpc) is 2.83. The molecule has 0 radical (unpaired) electrons. The second-order valence-electron chi connectivity index (χ2n) is 7.87. The molecule has 0 atom stereocenters. The highest BCUT2D eigenvalue weighted by Gasteiger charge is 2.25. The fourth-order valence-electron chi connectivity index (χ4n) is 4.32. The Morgan fingerprint density at radius 1 is 0.806 bits per heavy atom. The van der Waals surface area contributed by atoms with Crippen molar-refractivity contribution in [3.8, 4) is 0 Å². The minimum absolute atomic E-state index is 0.331. The summed E-state index contributed by atoms with van der Waals surface area (Å²) in [5.41, 5.74) is 1.73. The summed E-state index contributed by atoms with van der Waals surface area (Å²) in [5.74, 6) is 0. The Morgan fingerprint density at radius 3 is 2.26 bits per heavy atom. The van der Waals surface area contributed by atoms with Crippen LogP contribution in [0.3, 0.4) is 0 Å². The molecule has 1 aliphatic rings. The smallest absolute Gasteiger partial charge is 0.264 e. The number of hydrogen-bond acceptors (Lipinski definition) is 4. The van der Waals surface area contributed by atoms with Gasteiger partial charge in [-0.2, -0.15) is 0 Å². The maximum Gasteiger partial charge on any atom is 0.264 e. The highest BCUT2D eigenvalue weighted by Crippen LogP contribution is 2.34. The summed E-state index contributed by atoms with van der Waals surface area (Å²) in [6.07, 6.45) is 0. The van der Waals surface area contributed by atoms with Crippen molar-refractivity contribution < 1.29 is 8.42 Å². The van der Waals surface area contributed by atoms with E-state index in [1.165, 1.54) is 4.31 Å². The van der Waals surface area contributed by atoms with Crippen LogP contribution >= 0.6 is 0 Å². The van der Waals surface area contributed by atoms with Crippen LogP contribution in [0.5, 0.6) is 0 Å². The van der Waals surface area contributed by atoms with Crippen molar-refractivity contribution in [3.05, 3.63) is 78.9 Å². The van der Waals surface area contributed by atoms with Gasteiger partial charge in [-0.3, -0.25) is 4.31 Å². The highest BCUT2D eigenvalue weighted by molar-refractivity contribution is 7.93. The third-order valence-electron chi connectivity index (χ3n) is 6.05. The minimum atomic E-state index is -3.73. The normalized spacial score (nSPS) is 14.8. The van der Waals surface area contributed by atoms with Gasteiger partial charge in [0.15, 0.2) is 0 Å². The number of nitrogens with one attached hydrogen (secondary N) is 1. The summed E-state index contributed by atoms with van der Waals surface area (Å²) in [7, 11) is -2.11. The van der Waals surface area contributed by atoms with Gasteiger partial charge in [-0.05, 0) is 35.0 Å². The molecular formula is C25H25N3O2S. The highest BCUT2D eigenvalue weighted by atomic mass is 32.2. The number of fused-ring (bicyclic) bond motifs is 2. The molecular weight excluding hydrogens is 406 g/mol. The quantitative estimate of drug-likeness (QED) is 0.526. The number of anilines is 2. The van der Waals surface area contributed by atoms with Crippen LogP contribution in [0.4, 0.5) is 11.4 Å². The molecule has 1 heterocycles. The van der Waals surface area contributed by atoms with E-state index in [-0.39, 0.29) is 0 Å². The first-order chi connectivity index (χ1) is 15.1. The summed E-state index contributed by atoms with van der Waals surface area (Å²) in [5, 5.41) is 7.20. The van der Waals surface area contributed by atoms with Gasteiger partial charge in [0.25, 0.3) is 10.0 Å². The Labute approximate surface area is 183 Å². The molecule has 1 fully saturated rings. The predicted molar refractivity (Wildman–Crippen MR) is 129 cm³/mol. The maximum absolute atomic E-state index is 13.7. The van der Waals surface area contributed by atoms with Gasteiger partial charge in [-0.1, -0.05) is 54.6 Å². The van der Waals surface area contributed by atoms with E-state index in [1.54, 1.807) is 13.1 Å².